The molecule has 5 nitrogen and oxygen atoms in total. The Morgan fingerprint density at radius 2 is 1.71 bits per heavy atom. The molecule has 2 heterocycles. The SMILES string of the molecule is O=C(NC(Cc1c[nH]c2ccccc12)C1CN=C(CCc2ccccc2)S1)OC1C2CC3CC(C2)CC1C3. The van der Waals surface area contributed by atoms with Crippen LogP contribution in [0.5, 0.6) is 0 Å². The number of nitrogens with zero attached hydrogens (tertiary/aromatic N) is 1. The lowest BCUT2D eigenvalue weighted by atomic mass is 9.55. The van der Waals surface area contributed by atoms with Crippen molar-refractivity contribution in [3.05, 3.63) is 71.9 Å². The third kappa shape index (κ3) is 5.00. The van der Waals surface area contributed by atoms with Crippen LogP contribution in [0.15, 0.2) is 65.8 Å². The highest BCUT2D eigenvalue weighted by molar-refractivity contribution is 8.14. The number of rotatable bonds is 8. The number of aryl methyl sites for hydroxylation is 1. The number of hydrogen-bond acceptors (Lipinski definition) is 4. The van der Waals surface area contributed by atoms with E-state index in [-0.39, 0.29) is 23.5 Å². The number of aromatic amines is 1. The molecule has 1 aliphatic heterocycles. The summed E-state index contributed by atoms with van der Waals surface area (Å²) < 4.78 is 6.25. The van der Waals surface area contributed by atoms with E-state index in [9.17, 15) is 4.79 Å². The Hall–Kier alpha value is -2.73. The predicted octanol–water partition coefficient (Wildman–Crippen LogP) is 6.78. The summed E-state index contributed by atoms with van der Waals surface area (Å²) >= 11 is 1.85. The van der Waals surface area contributed by atoms with Crippen molar-refractivity contribution in [3.63, 3.8) is 0 Å². The Labute approximate surface area is 229 Å². The first-order valence-electron chi connectivity index (χ1n) is 14.4. The molecule has 4 bridgehead atoms. The molecule has 38 heavy (non-hydrogen) atoms. The molecule has 4 saturated carbocycles. The van der Waals surface area contributed by atoms with Crippen molar-refractivity contribution in [2.75, 3.05) is 6.54 Å². The fourth-order valence-corrected chi connectivity index (χ4v) is 9.07. The minimum absolute atomic E-state index is 0.0403. The molecule has 4 aliphatic carbocycles. The second-order valence-corrected chi connectivity index (χ2v) is 13.3. The molecule has 2 N–H and O–H groups in total. The summed E-state index contributed by atoms with van der Waals surface area (Å²) in [5, 5.41) is 5.97. The molecule has 0 radical (unpaired) electrons. The molecule has 2 atom stereocenters. The van der Waals surface area contributed by atoms with Crippen molar-refractivity contribution in [3.8, 4) is 0 Å². The van der Waals surface area contributed by atoms with Crippen molar-refractivity contribution in [2.45, 2.75) is 68.8 Å². The van der Waals surface area contributed by atoms with Gasteiger partial charge in [-0.15, -0.1) is 11.8 Å². The van der Waals surface area contributed by atoms with Crippen molar-refractivity contribution in [2.24, 2.45) is 28.7 Å². The van der Waals surface area contributed by atoms with Gasteiger partial charge in [0.25, 0.3) is 0 Å². The molecule has 2 aromatic carbocycles. The monoisotopic (exact) mass is 527 g/mol. The second-order valence-electron chi connectivity index (χ2n) is 12.0. The molecule has 0 spiro atoms. The van der Waals surface area contributed by atoms with Crippen LogP contribution in [0.25, 0.3) is 10.9 Å². The van der Waals surface area contributed by atoms with Crippen LogP contribution in [0, 0.1) is 23.7 Å². The smallest absolute Gasteiger partial charge is 0.407 e. The van der Waals surface area contributed by atoms with E-state index in [1.165, 1.54) is 53.7 Å². The Kier molecular flexibility index (Phi) is 6.68. The molecule has 5 aliphatic rings. The zero-order chi connectivity index (χ0) is 25.5. The highest BCUT2D eigenvalue weighted by Gasteiger charge is 2.50. The Bertz CT molecular complexity index is 1290. The molecule has 8 rings (SSSR count). The lowest BCUT2D eigenvalue weighted by molar-refractivity contribution is -0.0964. The molecule has 3 aromatic rings. The standard InChI is InChI=1S/C32H37N3O2S/c36-32(37-31-23-13-21-12-22(15-23)16-24(31)14-21)35-28(17-25-18-33-27-9-5-4-8-26(25)27)29-19-34-30(38-29)11-10-20-6-2-1-3-7-20/h1-9,18,21-24,28-29,31,33H,10-17,19H2,(H,35,36). The quantitative estimate of drug-likeness (QED) is 0.339. The maximum atomic E-state index is 13.4. The minimum atomic E-state index is -0.231. The van der Waals surface area contributed by atoms with Crippen LogP contribution < -0.4 is 5.32 Å². The van der Waals surface area contributed by atoms with Crippen LogP contribution >= 0.6 is 11.8 Å². The predicted molar refractivity (Wildman–Crippen MR) is 155 cm³/mol. The maximum Gasteiger partial charge on any atom is 0.407 e. The van der Waals surface area contributed by atoms with Gasteiger partial charge in [-0.2, -0.15) is 0 Å². The summed E-state index contributed by atoms with van der Waals surface area (Å²) in [6.07, 6.45) is 11.1. The number of carbonyl (C=O) groups is 1. The number of aliphatic imine (C=N–C) groups is 1. The summed E-state index contributed by atoms with van der Waals surface area (Å²) in [5.41, 5.74) is 3.71. The first-order valence-corrected chi connectivity index (χ1v) is 15.3. The number of aromatic nitrogens is 1. The van der Waals surface area contributed by atoms with Gasteiger partial charge in [0.15, 0.2) is 0 Å². The summed E-state index contributed by atoms with van der Waals surface area (Å²) in [7, 11) is 0. The van der Waals surface area contributed by atoms with Gasteiger partial charge in [-0.05, 0) is 92.2 Å². The maximum absolute atomic E-state index is 13.4. The number of para-hydroxylation sites is 1. The minimum Gasteiger partial charge on any atom is -0.446 e. The Morgan fingerprint density at radius 1 is 0.974 bits per heavy atom. The van der Waals surface area contributed by atoms with Gasteiger partial charge < -0.3 is 15.0 Å². The number of fused-ring (bicyclic) bond motifs is 1. The highest BCUT2D eigenvalue weighted by atomic mass is 32.2. The molecule has 4 fully saturated rings. The van der Waals surface area contributed by atoms with Gasteiger partial charge in [-0.3, -0.25) is 4.99 Å². The molecular weight excluding hydrogens is 490 g/mol. The molecule has 6 heteroatoms. The largest absolute Gasteiger partial charge is 0.446 e. The number of hydrogen-bond donors (Lipinski definition) is 2. The van der Waals surface area contributed by atoms with E-state index in [1.807, 2.05) is 11.8 Å². The topological polar surface area (TPSA) is 66.5 Å². The van der Waals surface area contributed by atoms with Crippen LogP contribution in [0.1, 0.15) is 49.7 Å². The lowest BCUT2D eigenvalue weighted by Crippen LogP contribution is -2.52. The number of ether oxygens (including phenoxy) is 1. The fourth-order valence-electron chi connectivity index (χ4n) is 7.87. The number of nitrogens with one attached hydrogen (secondary N) is 2. The van der Waals surface area contributed by atoms with Gasteiger partial charge in [0, 0.05) is 17.1 Å². The average Bonchev–Trinajstić information content (AvgIpc) is 3.57. The second kappa shape index (κ2) is 10.4. The van der Waals surface area contributed by atoms with Gasteiger partial charge >= 0.3 is 6.09 Å². The van der Waals surface area contributed by atoms with Gasteiger partial charge in [0.05, 0.1) is 22.9 Å². The zero-order valence-corrected chi connectivity index (χ0v) is 22.7. The van der Waals surface area contributed by atoms with Crippen molar-refractivity contribution < 1.29 is 9.53 Å². The summed E-state index contributed by atoms with van der Waals surface area (Å²) in [6, 6.07) is 19.0. The van der Waals surface area contributed by atoms with Crippen LogP contribution in [0.3, 0.4) is 0 Å². The Morgan fingerprint density at radius 3 is 2.50 bits per heavy atom. The van der Waals surface area contributed by atoms with Crippen molar-refractivity contribution in [1.82, 2.24) is 10.3 Å². The van der Waals surface area contributed by atoms with Crippen molar-refractivity contribution >= 4 is 33.8 Å². The third-order valence-corrected chi connectivity index (χ3v) is 10.8. The summed E-state index contributed by atoms with van der Waals surface area (Å²) in [5.74, 6) is 2.88. The van der Waals surface area contributed by atoms with Gasteiger partial charge in [0.2, 0.25) is 0 Å². The van der Waals surface area contributed by atoms with E-state index in [0.29, 0.717) is 11.8 Å². The van der Waals surface area contributed by atoms with E-state index >= 15 is 0 Å². The molecule has 1 amide bonds. The molecule has 0 saturated heterocycles. The number of H-pyrrole nitrogens is 1. The average molecular weight is 528 g/mol. The zero-order valence-electron chi connectivity index (χ0n) is 21.9. The number of carbonyl (C=O) groups excluding carboxylic acids is 1. The van der Waals surface area contributed by atoms with E-state index < -0.39 is 0 Å². The number of amides is 1. The first-order chi connectivity index (χ1) is 18.7. The van der Waals surface area contributed by atoms with Gasteiger partial charge in [0.1, 0.15) is 6.10 Å². The van der Waals surface area contributed by atoms with E-state index in [1.54, 1.807) is 0 Å². The van der Waals surface area contributed by atoms with Gasteiger partial charge in [-0.1, -0.05) is 48.5 Å². The summed E-state index contributed by atoms with van der Waals surface area (Å²) in [4.78, 5) is 21.7. The number of benzene rings is 2. The van der Waals surface area contributed by atoms with Crippen LogP contribution in [0.4, 0.5) is 4.79 Å². The van der Waals surface area contributed by atoms with E-state index in [2.05, 4.69) is 71.1 Å². The highest BCUT2D eigenvalue weighted by Crippen LogP contribution is 2.54. The third-order valence-electron chi connectivity index (χ3n) is 9.46. The van der Waals surface area contributed by atoms with E-state index in [0.717, 1.165) is 43.2 Å². The summed E-state index contributed by atoms with van der Waals surface area (Å²) in [6.45, 7) is 0.736. The molecular formula is C32H37N3O2S. The van der Waals surface area contributed by atoms with E-state index in [4.69, 9.17) is 9.73 Å². The van der Waals surface area contributed by atoms with Gasteiger partial charge in [-0.25, -0.2) is 4.79 Å². The number of thioether (sulfide) groups is 1. The molecule has 198 valence electrons. The lowest BCUT2D eigenvalue weighted by Gasteiger charge is -2.53. The fraction of sp³-hybridized carbons (Fsp3) is 0.500. The van der Waals surface area contributed by atoms with Crippen LogP contribution in [-0.4, -0.2) is 40.1 Å². The van der Waals surface area contributed by atoms with Crippen molar-refractivity contribution in [1.29, 1.82) is 0 Å². The Balaban J connectivity index is 1.04. The van der Waals surface area contributed by atoms with Crippen LogP contribution in [-0.2, 0) is 17.6 Å². The van der Waals surface area contributed by atoms with Crippen LogP contribution in [0.2, 0.25) is 0 Å². The first kappa shape index (κ1) is 24.3. The molecule has 1 aromatic heterocycles. The number of alkyl carbamates (subject to hydrolysis) is 1. The molecule has 2 unspecified atom stereocenters. The normalized spacial score (nSPS) is 30.4.